The molecule has 0 aliphatic carbocycles. The van der Waals surface area contributed by atoms with Crippen LogP contribution >= 0.6 is 0 Å². The molecule has 1 aromatic heterocycles. The first-order valence-corrected chi connectivity index (χ1v) is 9.61. The molecule has 1 amide bonds. The average molecular weight is 378 g/mol. The second-order valence-corrected chi connectivity index (χ2v) is 7.15. The third kappa shape index (κ3) is 3.10. The number of H-pyrrole nitrogens is 1. The predicted octanol–water partition coefficient (Wildman–Crippen LogP) is 3.28. The summed E-state index contributed by atoms with van der Waals surface area (Å²) in [5.41, 5.74) is 3.24. The number of ether oxygens (including phenoxy) is 3. The van der Waals surface area contributed by atoms with Gasteiger partial charge in [0.2, 0.25) is 12.7 Å². The number of aromatic nitrogens is 1. The first kappa shape index (κ1) is 17.1. The largest absolute Gasteiger partial charge is 0.454 e. The Labute approximate surface area is 163 Å². The SMILES string of the molecule is O=C(CC(c1ccc2c(c1)OCO2)c1c[nH]c2ccccc12)N1CCOCC1. The van der Waals surface area contributed by atoms with Crippen molar-refractivity contribution in [3.8, 4) is 11.5 Å². The molecule has 3 aromatic rings. The van der Waals surface area contributed by atoms with Gasteiger partial charge in [0.05, 0.1) is 13.2 Å². The molecule has 2 aromatic carbocycles. The van der Waals surface area contributed by atoms with Gasteiger partial charge in [0.25, 0.3) is 0 Å². The van der Waals surface area contributed by atoms with Crippen molar-refractivity contribution in [2.45, 2.75) is 12.3 Å². The molecule has 1 saturated heterocycles. The zero-order valence-electron chi connectivity index (χ0n) is 15.5. The minimum absolute atomic E-state index is 0.0685. The summed E-state index contributed by atoms with van der Waals surface area (Å²) in [7, 11) is 0. The Morgan fingerprint density at radius 2 is 1.89 bits per heavy atom. The molecule has 1 atom stereocenters. The number of amides is 1. The van der Waals surface area contributed by atoms with Crippen LogP contribution in [-0.2, 0) is 9.53 Å². The number of fused-ring (bicyclic) bond motifs is 2. The normalized spacial score (nSPS) is 17.1. The number of morpholine rings is 1. The molecule has 28 heavy (non-hydrogen) atoms. The van der Waals surface area contributed by atoms with E-state index < -0.39 is 0 Å². The fourth-order valence-electron chi connectivity index (χ4n) is 4.04. The van der Waals surface area contributed by atoms with Crippen molar-refractivity contribution in [3.63, 3.8) is 0 Å². The summed E-state index contributed by atoms with van der Waals surface area (Å²) in [6, 6.07) is 14.2. The molecule has 1 unspecified atom stereocenters. The van der Waals surface area contributed by atoms with Crippen LogP contribution in [0.25, 0.3) is 10.9 Å². The number of hydrogen-bond acceptors (Lipinski definition) is 4. The van der Waals surface area contributed by atoms with Crippen LogP contribution in [0.4, 0.5) is 0 Å². The predicted molar refractivity (Wildman–Crippen MR) is 105 cm³/mol. The molecular formula is C22H22N2O4. The van der Waals surface area contributed by atoms with Crippen LogP contribution in [0.1, 0.15) is 23.5 Å². The standard InChI is InChI=1S/C22H22N2O4/c25-22(24-7-9-26-10-8-24)12-17(15-5-6-20-21(11-15)28-14-27-20)18-13-23-19-4-2-1-3-16(18)19/h1-6,11,13,17,23H,7-10,12,14H2. The van der Waals surface area contributed by atoms with Gasteiger partial charge in [-0.3, -0.25) is 4.79 Å². The van der Waals surface area contributed by atoms with Crippen molar-refractivity contribution in [1.29, 1.82) is 0 Å². The Kier molecular flexibility index (Phi) is 4.41. The molecule has 0 spiro atoms. The minimum Gasteiger partial charge on any atom is -0.454 e. The van der Waals surface area contributed by atoms with Crippen LogP contribution < -0.4 is 9.47 Å². The van der Waals surface area contributed by atoms with E-state index in [-0.39, 0.29) is 18.6 Å². The van der Waals surface area contributed by atoms with E-state index in [0.29, 0.717) is 32.7 Å². The van der Waals surface area contributed by atoms with Crippen LogP contribution in [0.3, 0.4) is 0 Å². The number of rotatable bonds is 4. The first-order valence-electron chi connectivity index (χ1n) is 9.61. The van der Waals surface area contributed by atoms with Crippen molar-refractivity contribution >= 4 is 16.8 Å². The Morgan fingerprint density at radius 3 is 2.79 bits per heavy atom. The van der Waals surface area contributed by atoms with Gasteiger partial charge in [0.1, 0.15) is 0 Å². The number of carbonyl (C=O) groups excluding carboxylic acids is 1. The molecule has 5 rings (SSSR count). The molecule has 0 bridgehead atoms. The Balaban J connectivity index is 1.53. The molecule has 6 heteroatoms. The quantitative estimate of drug-likeness (QED) is 0.757. The summed E-state index contributed by atoms with van der Waals surface area (Å²) in [6.07, 6.45) is 2.42. The first-order chi connectivity index (χ1) is 13.8. The third-order valence-corrected chi connectivity index (χ3v) is 5.54. The van der Waals surface area contributed by atoms with Crippen molar-refractivity contribution in [2.24, 2.45) is 0 Å². The molecule has 0 radical (unpaired) electrons. The van der Waals surface area contributed by atoms with Crippen molar-refractivity contribution < 1.29 is 19.0 Å². The summed E-state index contributed by atoms with van der Waals surface area (Å²) >= 11 is 0. The number of carbonyl (C=O) groups is 1. The van der Waals surface area contributed by atoms with Crippen LogP contribution in [0.2, 0.25) is 0 Å². The minimum atomic E-state index is -0.0685. The maximum absolute atomic E-state index is 13.1. The summed E-state index contributed by atoms with van der Waals surface area (Å²) < 4.78 is 16.4. The molecule has 1 N–H and O–H groups in total. The van der Waals surface area contributed by atoms with Gasteiger partial charge in [-0.1, -0.05) is 24.3 Å². The second-order valence-electron chi connectivity index (χ2n) is 7.15. The average Bonchev–Trinajstić information content (AvgIpc) is 3.39. The van der Waals surface area contributed by atoms with Gasteiger partial charge in [-0.2, -0.15) is 0 Å². The molecule has 1 fully saturated rings. The van der Waals surface area contributed by atoms with E-state index in [2.05, 4.69) is 17.1 Å². The number of hydrogen-bond donors (Lipinski definition) is 1. The van der Waals surface area contributed by atoms with Gasteiger partial charge in [0, 0.05) is 42.5 Å². The van der Waals surface area contributed by atoms with Crippen LogP contribution in [0.15, 0.2) is 48.7 Å². The number of benzene rings is 2. The summed E-state index contributed by atoms with van der Waals surface area (Å²) in [4.78, 5) is 18.3. The lowest BCUT2D eigenvalue weighted by molar-refractivity contribution is -0.135. The highest BCUT2D eigenvalue weighted by molar-refractivity contribution is 5.86. The van der Waals surface area contributed by atoms with Gasteiger partial charge in [-0.25, -0.2) is 0 Å². The van der Waals surface area contributed by atoms with Gasteiger partial charge in [0.15, 0.2) is 11.5 Å². The van der Waals surface area contributed by atoms with Crippen LogP contribution in [0.5, 0.6) is 11.5 Å². The monoisotopic (exact) mass is 378 g/mol. The number of aromatic amines is 1. The molecule has 0 saturated carbocycles. The molecule has 2 aliphatic rings. The lowest BCUT2D eigenvalue weighted by Gasteiger charge is -2.28. The van der Waals surface area contributed by atoms with E-state index in [1.165, 1.54) is 0 Å². The molecule has 144 valence electrons. The molecule has 6 nitrogen and oxygen atoms in total. The molecular weight excluding hydrogens is 356 g/mol. The fraction of sp³-hybridized carbons (Fsp3) is 0.318. The van der Waals surface area contributed by atoms with Crippen LogP contribution in [0, 0.1) is 0 Å². The van der Waals surface area contributed by atoms with Gasteiger partial charge in [-0.15, -0.1) is 0 Å². The van der Waals surface area contributed by atoms with E-state index in [4.69, 9.17) is 14.2 Å². The number of nitrogens with zero attached hydrogens (tertiary/aromatic N) is 1. The highest BCUT2D eigenvalue weighted by atomic mass is 16.7. The van der Waals surface area contributed by atoms with E-state index >= 15 is 0 Å². The Hall–Kier alpha value is -2.99. The Morgan fingerprint density at radius 1 is 1.07 bits per heavy atom. The molecule has 3 heterocycles. The van der Waals surface area contributed by atoms with Crippen molar-refractivity contribution in [3.05, 3.63) is 59.8 Å². The smallest absolute Gasteiger partial charge is 0.231 e. The highest BCUT2D eigenvalue weighted by Gasteiger charge is 2.27. The van der Waals surface area contributed by atoms with E-state index in [0.717, 1.165) is 33.5 Å². The summed E-state index contributed by atoms with van der Waals surface area (Å²) in [6.45, 7) is 2.76. The second kappa shape index (κ2) is 7.20. The zero-order chi connectivity index (χ0) is 18.9. The highest BCUT2D eigenvalue weighted by Crippen LogP contribution is 2.39. The van der Waals surface area contributed by atoms with Crippen molar-refractivity contribution in [1.82, 2.24) is 9.88 Å². The third-order valence-electron chi connectivity index (χ3n) is 5.54. The fourth-order valence-corrected chi connectivity index (χ4v) is 4.04. The van der Waals surface area contributed by atoms with E-state index in [9.17, 15) is 4.79 Å². The van der Waals surface area contributed by atoms with Gasteiger partial charge < -0.3 is 24.1 Å². The lowest BCUT2D eigenvalue weighted by atomic mass is 9.87. The van der Waals surface area contributed by atoms with E-state index in [1.807, 2.05) is 41.4 Å². The maximum Gasteiger partial charge on any atom is 0.231 e. The lowest BCUT2D eigenvalue weighted by Crippen LogP contribution is -2.41. The van der Waals surface area contributed by atoms with Crippen LogP contribution in [-0.4, -0.2) is 48.9 Å². The summed E-state index contributed by atoms with van der Waals surface area (Å²) in [5.74, 6) is 1.57. The van der Waals surface area contributed by atoms with Gasteiger partial charge in [-0.05, 0) is 29.3 Å². The number of nitrogens with one attached hydrogen (secondary N) is 1. The maximum atomic E-state index is 13.1. The zero-order valence-corrected chi connectivity index (χ0v) is 15.5. The van der Waals surface area contributed by atoms with Crippen molar-refractivity contribution in [2.75, 3.05) is 33.1 Å². The number of para-hydroxylation sites is 1. The van der Waals surface area contributed by atoms with E-state index in [1.54, 1.807) is 0 Å². The topological polar surface area (TPSA) is 63.8 Å². The summed E-state index contributed by atoms with van der Waals surface area (Å²) in [5, 5.41) is 1.14. The molecule has 2 aliphatic heterocycles. The van der Waals surface area contributed by atoms with Gasteiger partial charge >= 0.3 is 0 Å². The Bertz CT molecular complexity index is 1010.